The van der Waals surface area contributed by atoms with Crippen molar-refractivity contribution in [2.45, 2.75) is 25.4 Å². The van der Waals surface area contributed by atoms with Gasteiger partial charge in [0.15, 0.2) is 0 Å². The average molecular weight is 303 g/mol. The van der Waals surface area contributed by atoms with E-state index >= 15 is 0 Å². The molecule has 2 rings (SSSR count). The van der Waals surface area contributed by atoms with E-state index in [9.17, 15) is 8.42 Å². The molecule has 0 aromatic heterocycles. The fraction of sp³-hybridized carbons (Fsp3) is 0.538. The number of alkyl halides is 1. The third-order valence-corrected chi connectivity index (χ3v) is 5.17. The zero-order chi connectivity index (χ0) is 13.7. The van der Waals surface area contributed by atoms with E-state index in [1.54, 1.807) is 0 Å². The molecule has 0 radical (unpaired) electrons. The van der Waals surface area contributed by atoms with E-state index in [4.69, 9.17) is 11.6 Å². The lowest BCUT2D eigenvalue weighted by atomic mass is 10.1. The third kappa shape index (κ3) is 4.76. The highest BCUT2D eigenvalue weighted by Crippen LogP contribution is 2.14. The zero-order valence-electron chi connectivity index (χ0n) is 10.8. The predicted molar refractivity (Wildman–Crippen MR) is 77.5 cm³/mol. The highest BCUT2D eigenvalue weighted by Gasteiger charge is 2.22. The molecule has 1 N–H and O–H groups in total. The van der Waals surface area contributed by atoms with Crippen molar-refractivity contribution in [3.63, 3.8) is 0 Å². The molecule has 0 spiro atoms. The van der Waals surface area contributed by atoms with Gasteiger partial charge in [0, 0.05) is 25.7 Å². The van der Waals surface area contributed by atoms with Crippen LogP contribution in [0.2, 0.25) is 0 Å². The minimum atomic E-state index is -3.30. The van der Waals surface area contributed by atoms with Gasteiger partial charge in [0.25, 0.3) is 0 Å². The number of rotatable bonds is 5. The summed E-state index contributed by atoms with van der Waals surface area (Å²) in [6, 6.07) is 10.3. The number of piperidine rings is 1. The third-order valence-electron chi connectivity index (χ3n) is 3.33. The molecule has 1 aromatic rings. The molecule has 0 atom stereocenters. The van der Waals surface area contributed by atoms with Crippen LogP contribution in [-0.4, -0.2) is 37.7 Å². The lowest BCUT2D eigenvalue weighted by molar-refractivity contribution is 0.200. The summed E-state index contributed by atoms with van der Waals surface area (Å²) >= 11 is 5.39. The van der Waals surface area contributed by atoms with Crippen molar-refractivity contribution in [2.24, 2.45) is 0 Å². The van der Waals surface area contributed by atoms with Crippen molar-refractivity contribution in [3.8, 4) is 0 Å². The standard InChI is InChI=1S/C13H19ClN2O2S/c14-11-19(17,18)15-13-6-8-16(9-7-13)10-12-4-2-1-3-5-12/h1-5,13,15H,6-11H2. The molecular weight excluding hydrogens is 284 g/mol. The van der Waals surface area contributed by atoms with E-state index in [1.165, 1.54) is 5.56 Å². The summed E-state index contributed by atoms with van der Waals surface area (Å²) in [6.07, 6.45) is 1.67. The first-order valence-corrected chi connectivity index (χ1v) is 8.60. The minimum Gasteiger partial charge on any atom is -0.299 e. The van der Waals surface area contributed by atoms with Crippen LogP contribution in [0.25, 0.3) is 0 Å². The van der Waals surface area contributed by atoms with Crippen molar-refractivity contribution in [1.29, 1.82) is 0 Å². The Morgan fingerprint density at radius 1 is 1.21 bits per heavy atom. The molecule has 0 amide bonds. The Morgan fingerprint density at radius 3 is 2.42 bits per heavy atom. The Kier molecular flexibility index (Phi) is 5.21. The largest absolute Gasteiger partial charge is 0.299 e. The van der Waals surface area contributed by atoms with Gasteiger partial charge in [-0.25, -0.2) is 13.1 Å². The number of hydrogen-bond acceptors (Lipinski definition) is 3. The number of likely N-dealkylation sites (tertiary alicyclic amines) is 1. The van der Waals surface area contributed by atoms with Crippen LogP contribution in [0.3, 0.4) is 0 Å². The molecule has 106 valence electrons. The second kappa shape index (κ2) is 6.70. The van der Waals surface area contributed by atoms with Gasteiger partial charge in [0.1, 0.15) is 5.21 Å². The van der Waals surface area contributed by atoms with Crippen molar-refractivity contribution in [2.75, 3.05) is 18.3 Å². The van der Waals surface area contributed by atoms with Gasteiger partial charge < -0.3 is 0 Å². The highest BCUT2D eigenvalue weighted by molar-refractivity contribution is 7.90. The van der Waals surface area contributed by atoms with Crippen molar-refractivity contribution in [1.82, 2.24) is 9.62 Å². The van der Waals surface area contributed by atoms with Crippen LogP contribution in [-0.2, 0) is 16.6 Å². The fourth-order valence-corrected chi connectivity index (χ4v) is 3.33. The second-order valence-electron chi connectivity index (χ2n) is 4.88. The molecule has 1 heterocycles. The molecule has 1 aromatic carbocycles. The Morgan fingerprint density at radius 2 is 1.84 bits per heavy atom. The molecule has 1 saturated heterocycles. The van der Waals surface area contributed by atoms with Crippen LogP contribution in [0.5, 0.6) is 0 Å². The van der Waals surface area contributed by atoms with Crippen LogP contribution >= 0.6 is 11.6 Å². The van der Waals surface area contributed by atoms with Gasteiger partial charge in [-0.1, -0.05) is 30.3 Å². The van der Waals surface area contributed by atoms with Gasteiger partial charge >= 0.3 is 0 Å². The lowest BCUT2D eigenvalue weighted by Crippen LogP contribution is -2.44. The van der Waals surface area contributed by atoms with E-state index in [1.807, 2.05) is 18.2 Å². The maximum atomic E-state index is 11.4. The van der Waals surface area contributed by atoms with Gasteiger partial charge in [0.05, 0.1) is 0 Å². The molecule has 0 saturated carbocycles. The summed E-state index contributed by atoms with van der Waals surface area (Å²) in [5, 5.41) is -0.364. The van der Waals surface area contributed by atoms with Gasteiger partial charge in [-0.15, -0.1) is 11.6 Å². The zero-order valence-corrected chi connectivity index (χ0v) is 12.3. The van der Waals surface area contributed by atoms with Crippen LogP contribution in [0.4, 0.5) is 0 Å². The Labute approximate surface area is 119 Å². The number of nitrogens with zero attached hydrogens (tertiary/aromatic N) is 1. The molecule has 0 bridgehead atoms. The quantitative estimate of drug-likeness (QED) is 0.843. The summed E-state index contributed by atoms with van der Waals surface area (Å²) in [6.45, 7) is 2.74. The Hall–Kier alpha value is -0.620. The van der Waals surface area contributed by atoms with Crippen molar-refractivity contribution >= 4 is 21.6 Å². The molecular formula is C13H19ClN2O2S. The first-order chi connectivity index (χ1) is 9.09. The minimum absolute atomic E-state index is 0.0239. The summed E-state index contributed by atoms with van der Waals surface area (Å²) < 4.78 is 25.4. The van der Waals surface area contributed by atoms with E-state index in [-0.39, 0.29) is 11.3 Å². The summed E-state index contributed by atoms with van der Waals surface area (Å²) in [7, 11) is -3.30. The van der Waals surface area contributed by atoms with Crippen molar-refractivity contribution in [3.05, 3.63) is 35.9 Å². The molecule has 1 aliphatic heterocycles. The monoisotopic (exact) mass is 302 g/mol. The van der Waals surface area contributed by atoms with Crippen molar-refractivity contribution < 1.29 is 8.42 Å². The SMILES string of the molecule is O=S(=O)(CCl)NC1CCN(Cc2ccccc2)CC1. The Bertz CT molecular complexity index is 485. The molecule has 19 heavy (non-hydrogen) atoms. The van der Waals surface area contributed by atoms with E-state index < -0.39 is 10.0 Å². The van der Waals surface area contributed by atoms with Gasteiger partial charge in [-0.2, -0.15) is 0 Å². The first kappa shape index (κ1) is 14.8. The molecule has 1 fully saturated rings. The maximum absolute atomic E-state index is 11.4. The summed E-state index contributed by atoms with van der Waals surface area (Å²) in [4.78, 5) is 2.35. The average Bonchev–Trinajstić information content (AvgIpc) is 2.42. The highest BCUT2D eigenvalue weighted by atomic mass is 35.5. The lowest BCUT2D eigenvalue weighted by Gasteiger charge is -2.32. The van der Waals surface area contributed by atoms with Gasteiger partial charge in [-0.3, -0.25) is 4.90 Å². The molecule has 6 heteroatoms. The number of sulfonamides is 1. The van der Waals surface area contributed by atoms with Crippen LogP contribution in [0.15, 0.2) is 30.3 Å². The number of halogens is 1. The predicted octanol–water partition coefficient (Wildman–Crippen LogP) is 1.77. The topological polar surface area (TPSA) is 49.4 Å². The van der Waals surface area contributed by atoms with E-state index in [0.29, 0.717) is 0 Å². The van der Waals surface area contributed by atoms with E-state index in [0.717, 1.165) is 32.5 Å². The second-order valence-corrected chi connectivity index (χ2v) is 7.22. The molecule has 1 aliphatic rings. The van der Waals surface area contributed by atoms with Crippen LogP contribution < -0.4 is 4.72 Å². The number of benzene rings is 1. The number of nitrogens with one attached hydrogen (secondary N) is 1. The molecule has 0 unspecified atom stereocenters. The Balaban J connectivity index is 1.80. The van der Waals surface area contributed by atoms with Crippen LogP contribution in [0, 0.1) is 0 Å². The van der Waals surface area contributed by atoms with Crippen LogP contribution in [0.1, 0.15) is 18.4 Å². The normalized spacial score (nSPS) is 18.6. The van der Waals surface area contributed by atoms with Gasteiger partial charge in [0.2, 0.25) is 10.0 Å². The van der Waals surface area contributed by atoms with Gasteiger partial charge in [-0.05, 0) is 18.4 Å². The fourth-order valence-electron chi connectivity index (χ4n) is 2.34. The molecule has 4 nitrogen and oxygen atoms in total. The smallest absolute Gasteiger partial charge is 0.225 e. The maximum Gasteiger partial charge on any atom is 0.225 e. The summed E-state index contributed by atoms with van der Waals surface area (Å²) in [5.41, 5.74) is 1.29. The number of hydrogen-bond donors (Lipinski definition) is 1. The van der Waals surface area contributed by atoms with E-state index in [2.05, 4.69) is 21.8 Å². The first-order valence-electron chi connectivity index (χ1n) is 6.41. The summed E-state index contributed by atoms with van der Waals surface area (Å²) in [5.74, 6) is 0. The molecule has 0 aliphatic carbocycles.